The molecule has 7 heteroatoms. The topological polar surface area (TPSA) is 79.7 Å². The first kappa shape index (κ1) is 21.4. The highest BCUT2D eigenvalue weighted by molar-refractivity contribution is 5.84. The highest BCUT2D eigenvalue weighted by atomic mass is 16.5. The second-order valence-electron chi connectivity index (χ2n) is 8.40. The molecule has 2 aliphatic rings. The van der Waals surface area contributed by atoms with E-state index in [1.807, 2.05) is 13.1 Å². The van der Waals surface area contributed by atoms with Gasteiger partial charge in [0.15, 0.2) is 0 Å². The third kappa shape index (κ3) is 5.10. The highest BCUT2D eigenvalue weighted by Crippen LogP contribution is 2.25. The predicted molar refractivity (Wildman–Crippen MR) is 121 cm³/mol. The van der Waals surface area contributed by atoms with Gasteiger partial charge in [-0.15, -0.1) is 0 Å². The first-order chi connectivity index (χ1) is 15.1. The summed E-state index contributed by atoms with van der Waals surface area (Å²) in [6.07, 6.45) is 5.44. The van der Waals surface area contributed by atoms with E-state index in [0.717, 1.165) is 42.7 Å². The van der Waals surface area contributed by atoms with Crippen LogP contribution in [0.1, 0.15) is 49.1 Å². The zero-order valence-electron chi connectivity index (χ0n) is 18.6. The number of hydrogen-bond donors (Lipinski definition) is 1. The van der Waals surface area contributed by atoms with Gasteiger partial charge in [-0.3, -0.25) is 9.79 Å². The van der Waals surface area contributed by atoms with Crippen LogP contribution >= 0.6 is 0 Å². The summed E-state index contributed by atoms with van der Waals surface area (Å²) in [5.41, 5.74) is 5.81. The molecule has 1 unspecified atom stereocenters. The molecule has 1 aliphatic carbocycles. The molecular formula is C24H31N5O2. The lowest BCUT2D eigenvalue weighted by molar-refractivity contribution is -0.138. The number of rotatable bonds is 8. The number of fused-ring (bicyclic) bond motifs is 2. The molecule has 1 amide bonds. The van der Waals surface area contributed by atoms with Gasteiger partial charge in [0.25, 0.3) is 0 Å². The molecule has 2 aromatic rings. The van der Waals surface area contributed by atoms with Gasteiger partial charge in [0.2, 0.25) is 11.9 Å². The first-order valence-corrected chi connectivity index (χ1v) is 11.1. The minimum Gasteiger partial charge on any atom is -0.368 e. The fourth-order valence-corrected chi connectivity index (χ4v) is 4.33. The van der Waals surface area contributed by atoms with Gasteiger partial charge in [-0.25, -0.2) is 9.97 Å². The molecule has 1 aliphatic heterocycles. The second kappa shape index (κ2) is 9.56. The molecule has 1 aromatic carbocycles. The summed E-state index contributed by atoms with van der Waals surface area (Å²) < 4.78 is 5.77. The third-order valence-electron chi connectivity index (χ3n) is 6.13. The first-order valence-electron chi connectivity index (χ1n) is 11.1. The summed E-state index contributed by atoms with van der Waals surface area (Å²) in [7, 11) is 1.80. The van der Waals surface area contributed by atoms with Crippen molar-refractivity contribution in [3.63, 3.8) is 0 Å². The van der Waals surface area contributed by atoms with Crippen LogP contribution in [0.5, 0.6) is 0 Å². The van der Waals surface area contributed by atoms with Crippen LogP contribution in [0.25, 0.3) is 0 Å². The molecule has 2 heterocycles. The van der Waals surface area contributed by atoms with Gasteiger partial charge in [0.05, 0.1) is 18.3 Å². The Labute approximate surface area is 184 Å². The van der Waals surface area contributed by atoms with E-state index in [1.54, 1.807) is 11.9 Å². The zero-order valence-corrected chi connectivity index (χ0v) is 18.6. The van der Waals surface area contributed by atoms with E-state index in [4.69, 9.17) is 9.72 Å². The minimum atomic E-state index is -0.0290. The molecule has 0 spiro atoms. The Kier molecular flexibility index (Phi) is 6.61. The number of carbonyl (C=O) groups excluding carboxylic acids is 1. The van der Waals surface area contributed by atoms with Crippen molar-refractivity contribution < 1.29 is 9.53 Å². The fraction of sp³-hybridized carbons (Fsp3) is 0.500. The van der Waals surface area contributed by atoms with Gasteiger partial charge < -0.3 is 15.0 Å². The summed E-state index contributed by atoms with van der Waals surface area (Å²) in [6, 6.07) is 8.85. The summed E-state index contributed by atoms with van der Waals surface area (Å²) in [5.74, 6) is 0.624. The van der Waals surface area contributed by atoms with Gasteiger partial charge in [-0.05, 0) is 37.3 Å². The summed E-state index contributed by atoms with van der Waals surface area (Å²) in [5, 5.41) is 3.47. The molecule has 31 heavy (non-hydrogen) atoms. The number of aromatic nitrogens is 2. The van der Waals surface area contributed by atoms with Crippen LogP contribution in [0.3, 0.4) is 0 Å². The maximum Gasteiger partial charge on any atom is 0.249 e. The van der Waals surface area contributed by atoms with Crippen molar-refractivity contribution in [1.82, 2.24) is 14.9 Å². The molecule has 0 bridgehead atoms. The van der Waals surface area contributed by atoms with E-state index in [2.05, 4.69) is 46.5 Å². The number of nitrogens with one attached hydrogen (secondary N) is 1. The van der Waals surface area contributed by atoms with Crippen LogP contribution in [0.4, 0.5) is 5.95 Å². The molecule has 4 rings (SSSR count). The molecule has 7 nitrogen and oxygen atoms in total. The van der Waals surface area contributed by atoms with Crippen LogP contribution in [-0.2, 0) is 35.5 Å². The molecule has 0 fully saturated rings. The Hall–Kier alpha value is -2.80. The third-order valence-corrected chi connectivity index (χ3v) is 6.13. The summed E-state index contributed by atoms with van der Waals surface area (Å²) >= 11 is 0. The van der Waals surface area contributed by atoms with E-state index >= 15 is 0 Å². The average Bonchev–Trinajstić information content (AvgIpc) is 3.38. The molecule has 1 atom stereocenters. The van der Waals surface area contributed by atoms with Crippen LogP contribution in [0, 0.1) is 0 Å². The van der Waals surface area contributed by atoms with E-state index in [0.29, 0.717) is 25.1 Å². The van der Waals surface area contributed by atoms with Crippen LogP contribution < -0.4 is 5.32 Å². The summed E-state index contributed by atoms with van der Waals surface area (Å²) in [4.78, 5) is 27.9. The number of benzene rings is 1. The Balaban J connectivity index is 1.29. The summed E-state index contributed by atoms with van der Waals surface area (Å²) in [6.45, 7) is 5.19. The number of hydrogen-bond acceptors (Lipinski definition) is 6. The highest BCUT2D eigenvalue weighted by Gasteiger charge is 2.27. The number of nitrogens with zero attached hydrogens (tertiary/aromatic N) is 4. The molecule has 164 valence electrons. The van der Waals surface area contributed by atoms with Crippen LogP contribution in [0.15, 0.2) is 35.5 Å². The van der Waals surface area contributed by atoms with Crippen molar-refractivity contribution in [1.29, 1.82) is 0 Å². The number of ether oxygens (including phenoxy) is 1. The van der Waals surface area contributed by atoms with E-state index < -0.39 is 0 Å². The quantitative estimate of drug-likeness (QED) is 0.662. The lowest BCUT2D eigenvalue weighted by atomic mass is 10.1. The Morgan fingerprint density at radius 3 is 2.68 bits per heavy atom. The van der Waals surface area contributed by atoms with Crippen molar-refractivity contribution in [3.8, 4) is 0 Å². The van der Waals surface area contributed by atoms with Gasteiger partial charge in [0.1, 0.15) is 6.61 Å². The lowest BCUT2D eigenvalue weighted by Gasteiger charge is -2.18. The molecule has 0 saturated heterocycles. The Morgan fingerprint density at radius 2 is 2.00 bits per heavy atom. The number of anilines is 1. The predicted octanol–water partition coefficient (Wildman–Crippen LogP) is 3.17. The standard InChI is InChI=1S/C24H31N5O2/c1-4-20(25-3)9-16(2)31-15-23(30)29-13-19-12-26-24(28-22(19)14-29)27-21-10-17-7-5-6-8-18(17)11-21/h5-8,12,16,21H,4,9-11,13-15H2,1-3H3,(H,26,27,28). The maximum atomic E-state index is 12.6. The Bertz CT molecular complexity index is 949. The van der Waals surface area contributed by atoms with E-state index in [9.17, 15) is 4.79 Å². The lowest BCUT2D eigenvalue weighted by Crippen LogP contribution is -2.31. The fourth-order valence-electron chi connectivity index (χ4n) is 4.33. The monoisotopic (exact) mass is 421 g/mol. The number of aliphatic imine (C=N–C) groups is 1. The van der Waals surface area contributed by atoms with Crippen molar-refractivity contribution in [2.24, 2.45) is 4.99 Å². The van der Waals surface area contributed by atoms with Crippen molar-refractivity contribution in [3.05, 3.63) is 52.8 Å². The van der Waals surface area contributed by atoms with Crippen molar-refractivity contribution in [2.45, 2.75) is 64.8 Å². The van der Waals surface area contributed by atoms with Gasteiger partial charge in [-0.2, -0.15) is 0 Å². The van der Waals surface area contributed by atoms with Crippen molar-refractivity contribution in [2.75, 3.05) is 19.0 Å². The normalized spacial score (nSPS) is 16.9. The van der Waals surface area contributed by atoms with Crippen LogP contribution in [0.2, 0.25) is 0 Å². The zero-order chi connectivity index (χ0) is 21.8. The largest absolute Gasteiger partial charge is 0.368 e. The average molecular weight is 422 g/mol. The van der Waals surface area contributed by atoms with E-state index in [1.165, 1.54) is 11.1 Å². The minimum absolute atomic E-state index is 0.0166. The molecular weight excluding hydrogens is 390 g/mol. The number of amides is 1. The molecule has 0 saturated carbocycles. The van der Waals surface area contributed by atoms with E-state index in [-0.39, 0.29) is 18.6 Å². The van der Waals surface area contributed by atoms with Gasteiger partial charge in [-0.1, -0.05) is 31.2 Å². The number of carbonyl (C=O) groups is 1. The second-order valence-corrected chi connectivity index (χ2v) is 8.40. The molecule has 0 radical (unpaired) electrons. The molecule has 1 N–H and O–H groups in total. The Morgan fingerprint density at radius 1 is 1.26 bits per heavy atom. The van der Waals surface area contributed by atoms with Gasteiger partial charge >= 0.3 is 0 Å². The maximum absolute atomic E-state index is 12.6. The van der Waals surface area contributed by atoms with Crippen LogP contribution in [-0.4, -0.2) is 52.3 Å². The molecule has 1 aromatic heterocycles. The smallest absolute Gasteiger partial charge is 0.249 e. The van der Waals surface area contributed by atoms with Gasteiger partial charge in [0, 0.05) is 43.5 Å². The van der Waals surface area contributed by atoms with Crippen molar-refractivity contribution >= 4 is 17.6 Å². The SMILES string of the molecule is CCC(CC(C)OCC(=O)N1Cc2cnc(NC3Cc4ccccc4C3)nc2C1)=NC.